The van der Waals surface area contributed by atoms with Crippen molar-refractivity contribution in [2.75, 3.05) is 20.2 Å². The molecule has 1 aliphatic heterocycles. The summed E-state index contributed by atoms with van der Waals surface area (Å²) in [5.74, 6) is -0.270. The van der Waals surface area contributed by atoms with E-state index in [-0.39, 0.29) is 23.1 Å². The lowest BCUT2D eigenvalue weighted by Crippen LogP contribution is -2.54. The minimum atomic E-state index is -1.09. The maximum Gasteiger partial charge on any atom is 0.252 e. The number of nitrogens with zero attached hydrogens (tertiary/aromatic N) is 1. The zero-order valence-corrected chi connectivity index (χ0v) is 19.2. The van der Waals surface area contributed by atoms with Gasteiger partial charge in [0, 0.05) is 18.7 Å². The molecule has 0 bridgehead atoms. The largest absolute Gasteiger partial charge is 0.508 e. The second-order valence-corrected chi connectivity index (χ2v) is 8.86. The monoisotopic (exact) mass is 460 g/mol. The lowest BCUT2D eigenvalue weighted by atomic mass is 9.84. The number of phenols is 1. The lowest BCUT2D eigenvalue weighted by Gasteiger charge is -2.40. The molecule has 2 aromatic carbocycles. The van der Waals surface area contributed by atoms with Gasteiger partial charge in [0.1, 0.15) is 17.5 Å². The van der Waals surface area contributed by atoms with E-state index in [1.807, 2.05) is 13.8 Å². The zero-order valence-electron chi connectivity index (χ0n) is 18.5. The fourth-order valence-corrected chi connectivity index (χ4v) is 4.11. The lowest BCUT2D eigenvalue weighted by molar-refractivity contribution is -0.138. The Morgan fingerprint density at radius 2 is 1.84 bits per heavy atom. The molecular formula is C24H29ClN2O5. The molecule has 1 fully saturated rings. The predicted octanol–water partition coefficient (Wildman–Crippen LogP) is 3.32. The van der Waals surface area contributed by atoms with E-state index in [1.54, 1.807) is 35.2 Å². The Bertz CT molecular complexity index is 986. The highest BCUT2D eigenvalue weighted by Gasteiger charge is 2.38. The van der Waals surface area contributed by atoms with Gasteiger partial charge in [-0.2, -0.15) is 0 Å². The number of methoxy groups -OCH3 is 1. The maximum absolute atomic E-state index is 13.2. The number of likely N-dealkylation sites (tertiary alicyclic amines) is 1. The van der Waals surface area contributed by atoms with Crippen molar-refractivity contribution in [1.29, 1.82) is 0 Å². The van der Waals surface area contributed by atoms with E-state index in [2.05, 4.69) is 5.32 Å². The van der Waals surface area contributed by atoms with Gasteiger partial charge >= 0.3 is 0 Å². The molecule has 8 heteroatoms. The van der Waals surface area contributed by atoms with Crippen LogP contribution in [-0.2, 0) is 10.4 Å². The van der Waals surface area contributed by atoms with E-state index >= 15 is 0 Å². The molecule has 0 spiro atoms. The average molecular weight is 461 g/mol. The Labute approximate surface area is 192 Å². The highest BCUT2D eigenvalue weighted by Crippen LogP contribution is 2.37. The second-order valence-electron chi connectivity index (χ2n) is 8.45. The van der Waals surface area contributed by atoms with E-state index in [9.17, 15) is 19.8 Å². The first-order valence-electron chi connectivity index (χ1n) is 10.6. The Hall–Kier alpha value is -2.77. The molecule has 7 nitrogen and oxygen atoms in total. The van der Waals surface area contributed by atoms with Crippen LogP contribution in [0.5, 0.6) is 11.5 Å². The van der Waals surface area contributed by atoms with E-state index in [0.29, 0.717) is 42.3 Å². The van der Waals surface area contributed by atoms with Gasteiger partial charge in [-0.05, 0) is 54.7 Å². The van der Waals surface area contributed by atoms with E-state index in [1.165, 1.54) is 19.2 Å². The standard InChI is InChI=1S/C24H29ClN2O5/c1-15(2)21(26-22(29)16-5-4-6-18(28)13-16)23(30)27-11-9-24(31,10-12-27)17-7-8-19(25)20(14-17)32-3/h4-8,13-15,21,28,31H,9-12H2,1-3H3,(H,26,29)/t21-/m1/s1. The van der Waals surface area contributed by atoms with Crippen molar-refractivity contribution in [3.63, 3.8) is 0 Å². The van der Waals surface area contributed by atoms with Crippen LogP contribution >= 0.6 is 11.6 Å². The van der Waals surface area contributed by atoms with Crippen LogP contribution in [-0.4, -0.2) is 53.2 Å². The third-order valence-corrected chi connectivity index (χ3v) is 6.23. The number of aliphatic hydroxyl groups is 1. The predicted molar refractivity (Wildman–Crippen MR) is 122 cm³/mol. The number of piperidine rings is 1. The molecule has 0 unspecified atom stereocenters. The number of carbonyl (C=O) groups excluding carboxylic acids is 2. The smallest absolute Gasteiger partial charge is 0.252 e. The van der Waals surface area contributed by atoms with E-state index in [0.717, 1.165) is 0 Å². The van der Waals surface area contributed by atoms with Crippen molar-refractivity contribution in [3.8, 4) is 11.5 Å². The Morgan fingerprint density at radius 3 is 2.44 bits per heavy atom. The highest BCUT2D eigenvalue weighted by atomic mass is 35.5. The van der Waals surface area contributed by atoms with Gasteiger partial charge < -0.3 is 25.2 Å². The van der Waals surface area contributed by atoms with E-state index in [4.69, 9.17) is 16.3 Å². The van der Waals surface area contributed by atoms with Crippen LogP contribution in [0.4, 0.5) is 0 Å². The fraction of sp³-hybridized carbons (Fsp3) is 0.417. The Balaban J connectivity index is 1.69. The summed E-state index contributed by atoms with van der Waals surface area (Å²) in [5, 5.41) is 24.1. The van der Waals surface area contributed by atoms with Gasteiger partial charge in [-0.1, -0.05) is 37.6 Å². The number of hydrogen-bond acceptors (Lipinski definition) is 5. The summed E-state index contributed by atoms with van der Waals surface area (Å²) in [6, 6.07) is 10.5. The Morgan fingerprint density at radius 1 is 1.16 bits per heavy atom. The van der Waals surface area contributed by atoms with Gasteiger partial charge in [-0.15, -0.1) is 0 Å². The molecule has 3 rings (SSSR count). The minimum absolute atomic E-state index is 0.0146. The van der Waals surface area contributed by atoms with Crippen molar-refractivity contribution < 1.29 is 24.5 Å². The molecule has 172 valence electrons. The number of benzene rings is 2. The van der Waals surface area contributed by atoms with Crippen LogP contribution in [0.15, 0.2) is 42.5 Å². The molecule has 32 heavy (non-hydrogen) atoms. The summed E-state index contributed by atoms with van der Waals surface area (Å²) in [4.78, 5) is 27.5. The summed E-state index contributed by atoms with van der Waals surface area (Å²) in [5.41, 5.74) is -0.108. The number of amides is 2. The first kappa shape index (κ1) is 23.9. The van der Waals surface area contributed by atoms with Gasteiger partial charge in [-0.3, -0.25) is 9.59 Å². The SMILES string of the molecule is COc1cc(C2(O)CCN(C(=O)[C@H](NC(=O)c3cccc(O)c3)C(C)C)CC2)ccc1Cl. The number of ether oxygens (including phenoxy) is 1. The average Bonchev–Trinajstić information content (AvgIpc) is 2.77. The number of nitrogens with one attached hydrogen (secondary N) is 1. The Kier molecular flexibility index (Phi) is 7.31. The number of aromatic hydroxyl groups is 1. The number of rotatable bonds is 6. The topological polar surface area (TPSA) is 99.1 Å². The number of carbonyl (C=O) groups is 2. The third kappa shape index (κ3) is 5.16. The molecule has 2 amide bonds. The van der Waals surface area contributed by atoms with Crippen molar-refractivity contribution >= 4 is 23.4 Å². The zero-order chi connectivity index (χ0) is 23.5. The number of phenolic OH excluding ortho intramolecular Hbond substituents is 1. The maximum atomic E-state index is 13.2. The molecule has 1 atom stereocenters. The molecular weight excluding hydrogens is 432 g/mol. The van der Waals surface area contributed by atoms with Gasteiger partial charge in [-0.25, -0.2) is 0 Å². The molecule has 0 aliphatic carbocycles. The van der Waals surface area contributed by atoms with Crippen LogP contribution in [0.25, 0.3) is 0 Å². The van der Waals surface area contributed by atoms with Crippen LogP contribution < -0.4 is 10.1 Å². The summed E-state index contributed by atoms with van der Waals surface area (Å²) < 4.78 is 5.26. The molecule has 0 saturated carbocycles. The summed E-state index contributed by atoms with van der Waals surface area (Å²) in [7, 11) is 1.52. The van der Waals surface area contributed by atoms with Crippen molar-refractivity contribution in [2.24, 2.45) is 5.92 Å². The number of hydrogen-bond donors (Lipinski definition) is 3. The molecule has 3 N–H and O–H groups in total. The number of halogens is 1. The fourth-order valence-electron chi connectivity index (χ4n) is 3.92. The highest BCUT2D eigenvalue weighted by molar-refractivity contribution is 6.32. The summed E-state index contributed by atoms with van der Waals surface area (Å²) in [6.45, 7) is 4.44. The van der Waals surface area contributed by atoms with Gasteiger partial charge in [0.2, 0.25) is 5.91 Å². The second kappa shape index (κ2) is 9.79. The molecule has 1 heterocycles. The summed E-state index contributed by atoms with van der Waals surface area (Å²) >= 11 is 6.10. The van der Waals surface area contributed by atoms with Crippen LogP contribution in [0, 0.1) is 5.92 Å². The molecule has 1 saturated heterocycles. The first-order chi connectivity index (χ1) is 15.1. The van der Waals surface area contributed by atoms with Gasteiger partial charge in [0.05, 0.1) is 17.7 Å². The molecule has 1 aliphatic rings. The van der Waals surface area contributed by atoms with Crippen molar-refractivity contribution in [1.82, 2.24) is 10.2 Å². The molecule has 2 aromatic rings. The quantitative estimate of drug-likeness (QED) is 0.614. The van der Waals surface area contributed by atoms with Crippen LogP contribution in [0.2, 0.25) is 5.02 Å². The third-order valence-electron chi connectivity index (χ3n) is 5.92. The van der Waals surface area contributed by atoms with Crippen molar-refractivity contribution in [3.05, 3.63) is 58.6 Å². The summed E-state index contributed by atoms with van der Waals surface area (Å²) in [6.07, 6.45) is 0.712. The first-order valence-corrected chi connectivity index (χ1v) is 11.0. The van der Waals surface area contributed by atoms with Crippen LogP contribution in [0.3, 0.4) is 0 Å². The van der Waals surface area contributed by atoms with Crippen molar-refractivity contribution in [2.45, 2.75) is 38.3 Å². The molecule has 0 aromatic heterocycles. The van der Waals surface area contributed by atoms with Crippen LogP contribution in [0.1, 0.15) is 42.6 Å². The normalized spacial score (nSPS) is 16.5. The van der Waals surface area contributed by atoms with E-state index < -0.39 is 17.6 Å². The molecule has 0 radical (unpaired) electrons. The minimum Gasteiger partial charge on any atom is -0.508 e. The van der Waals surface area contributed by atoms with Gasteiger partial charge in [0.25, 0.3) is 5.91 Å². The van der Waals surface area contributed by atoms with Gasteiger partial charge in [0.15, 0.2) is 0 Å².